The van der Waals surface area contributed by atoms with Crippen molar-refractivity contribution in [1.82, 2.24) is 5.32 Å². The number of ketones is 1. The summed E-state index contributed by atoms with van der Waals surface area (Å²) < 4.78 is 0. The average Bonchev–Trinajstić information content (AvgIpc) is 2.32. The molecule has 5 nitrogen and oxygen atoms in total. The monoisotopic (exact) mass is 266 g/mol. The molecule has 5 heteroatoms. The van der Waals surface area contributed by atoms with Crippen molar-refractivity contribution >= 4 is 18.0 Å². The van der Waals surface area contributed by atoms with E-state index in [1.807, 2.05) is 6.92 Å². The van der Waals surface area contributed by atoms with Crippen molar-refractivity contribution < 1.29 is 14.7 Å². The fraction of sp³-hybridized carbons (Fsp3) is 0.643. The highest BCUT2D eigenvalue weighted by Gasteiger charge is 2.34. The Kier molecular flexibility index (Phi) is 4.86. The number of nitrogens with one attached hydrogen (secondary N) is 2. The van der Waals surface area contributed by atoms with Gasteiger partial charge in [0.15, 0.2) is 0 Å². The van der Waals surface area contributed by atoms with E-state index in [2.05, 4.69) is 5.32 Å². The van der Waals surface area contributed by atoms with Crippen molar-refractivity contribution in [1.29, 1.82) is 5.41 Å². The summed E-state index contributed by atoms with van der Waals surface area (Å²) in [6.45, 7) is 5.30. The predicted molar refractivity (Wildman–Crippen MR) is 73.3 cm³/mol. The number of hydrogen-bond acceptors (Lipinski definition) is 4. The molecule has 1 fully saturated rings. The van der Waals surface area contributed by atoms with E-state index in [1.165, 1.54) is 0 Å². The first-order valence-corrected chi connectivity index (χ1v) is 6.52. The van der Waals surface area contributed by atoms with Crippen LogP contribution in [0.2, 0.25) is 0 Å². The van der Waals surface area contributed by atoms with Crippen LogP contribution in [0.4, 0.5) is 0 Å². The number of carbonyl (C=O) groups excluding carboxylic acids is 1. The van der Waals surface area contributed by atoms with Gasteiger partial charge in [-0.1, -0.05) is 6.92 Å². The minimum absolute atomic E-state index is 0.0140. The van der Waals surface area contributed by atoms with E-state index < -0.39 is 5.97 Å². The quantitative estimate of drug-likeness (QED) is 0.525. The Labute approximate surface area is 113 Å². The van der Waals surface area contributed by atoms with E-state index in [9.17, 15) is 9.59 Å². The van der Waals surface area contributed by atoms with Crippen LogP contribution in [0, 0.1) is 10.8 Å². The smallest absolute Gasteiger partial charge is 0.338 e. The van der Waals surface area contributed by atoms with Gasteiger partial charge in [-0.25, -0.2) is 4.79 Å². The van der Waals surface area contributed by atoms with Crippen molar-refractivity contribution in [2.75, 3.05) is 0 Å². The molecule has 0 aromatic carbocycles. The molecule has 0 unspecified atom stereocenters. The molecular weight excluding hydrogens is 244 g/mol. The van der Waals surface area contributed by atoms with Crippen LogP contribution >= 0.6 is 0 Å². The summed E-state index contributed by atoms with van der Waals surface area (Å²) in [5, 5.41) is 19.2. The van der Waals surface area contributed by atoms with Gasteiger partial charge in [0.25, 0.3) is 0 Å². The minimum Gasteiger partial charge on any atom is -0.478 e. The van der Waals surface area contributed by atoms with Crippen LogP contribution in [-0.4, -0.2) is 29.1 Å². The molecule has 0 spiro atoms. The molecule has 3 N–H and O–H groups in total. The second-order valence-corrected chi connectivity index (χ2v) is 5.52. The fourth-order valence-electron chi connectivity index (χ4n) is 2.47. The summed E-state index contributed by atoms with van der Waals surface area (Å²) in [7, 11) is 0. The van der Waals surface area contributed by atoms with Crippen LogP contribution in [0.1, 0.15) is 46.5 Å². The molecule has 1 saturated carbocycles. The number of aliphatic carboxylic acids is 1. The van der Waals surface area contributed by atoms with Crippen LogP contribution in [0.5, 0.6) is 0 Å². The normalized spacial score (nSPS) is 28.3. The molecule has 0 aromatic heterocycles. The summed E-state index contributed by atoms with van der Waals surface area (Å²) in [6.07, 6.45) is 4.18. The standard InChI is InChI=1S/C14H22N2O3/c1-9(12(8-15)13(18)19)16-11-4-6-14(3,7-5-11)10(2)17/h8,11,15-16H,4-7H2,1-3H3,(H,18,19)/b12-9+,15-8?/t11-,14-. The van der Waals surface area contributed by atoms with Crippen molar-refractivity contribution in [3.8, 4) is 0 Å². The van der Waals surface area contributed by atoms with Gasteiger partial charge in [-0.2, -0.15) is 0 Å². The topological polar surface area (TPSA) is 90.3 Å². The number of carboxylic acid groups (broad SMARTS) is 1. The van der Waals surface area contributed by atoms with E-state index >= 15 is 0 Å². The molecule has 1 rings (SSSR count). The summed E-state index contributed by atoms with van der Waals surface area (Å²) in [5.74, 6) is -0.867. The predicted octanol–water partition coefficient (Wildman–Crippen LogP) is 2.12. The molecule has 106 valence electrons. The highest BCUT2D eigenvalue weighted by molar-refractivity contribution is 6.08. The lowest BCUT2D eigenvalue weighted by atomic mass is 9.71. The number of carboxylic acids is 1. The van der Waals surface area contributed by atoms with E-state index in [-0.39, 0.29) is 22.8 Å². The second-order valence-electron chi connectivity index (χ2n) is 5.52. The molecule has 0 heterocycles. The van der Waals surface area contributed by atoms with Gasteiger partial charge in [-0.05, 0) is 39.5 Å². The number of allylic oxidation sites excluding steroid dienone is 1. The lowest BCUT2D eigenvalue weighted by Gasteiger charge is -2.36. The lowest BCUT2D eigenvalue weighted by Crippen LogP contribution is -2.39. The fourth-order valence-corrected chi connectivity index (χ4v) is 2.47. The van der Waals surface area contributed by atoms with Crippen LogP contribution in [0.25, 0.3) is 0 Å². The van der Waals surface area contributed by atoms with E-state index in [1.54, 1.807) is 13.8 Å². The van der Waals surface area contributed by atoms with E-state index in [4.69, 9.17) is 10.5 Å². The van der Waals surface area contributed by atoms with Gasteiger partial charge in [0, 0.05) is 23.4 Å². The molecule has 0 atom stereocenters. The van der Waals surface area contributed by atoms with Gasteiger partial charge >= 0.3 is 5.97 Å². The van der Waals surface area contributed by atoms with Gasteiger partial charge in [0.2, 0.25) is 0 Å². The first-order valence-electron chi connectivity index (χ1n) is 6.52. The maximum absolute atomic E-state index is 11.6. The van der Waals surface area contributed by atoms with Crippen LogP contribution < -0.4 is 5.32 Å². The molecule has 19 heavy (non-hydrogen) atoms. The largest absolute Gasteiger partial charge is 0.478 e. The maximum atomic E-state index is 11.6. The first kappa shape index (κ1) is 15.4. The maximum Gasteiger partial charge on any atom is 0.338 e. The summed E-state index contributed by atoms with van der Waals surface area (Å²) >= 11 is 0. The Bertz CT molecular complexity index is 418. The highest BCUT2D eigenvalue weighted by atomic mass is 16.4. The summed E-state index contributed by atoms with van der Waals surface area (Å²) in [4.78, 5) is 22.5. The zero-order chi connectivity index (χ0) is 14.6. The number of rotatable bonds is 5. The van der Waals surface area contributed by atoms with Crippen LogP contribution in [0.15, 0.2) is 11.3 Å². The van der Waals surface area contributed by atoms with Gasteiger partial charge < -0.3 is 15.8 Å². The van der Waals surface area contributed by atoms with Gasteiger partial charge in [-0.15, -0.1) is 0 Å². The molecular formula is C14H22N2O3. The highest BCUT2D eigenvalue weighted by Crippen LogP contribution is 2.36. The molecule has 0 bridgehead atoms. The Hall–Kier alpha value is -1.65. The molecule has 1 aliphatic rings. The van der Waals surface area contributed by atoms with Gasteiger partial charge in [0.05, 0.1) is 5.57 Å². The molecule has 0 aromatic rings. The van der Waals surface area contributed by atoms with Crippen molar-refractivity contribution in [2.24, 2.45) is 5.41 Å². The van der Waals surface area contributed by atoms with Gasteiger partial charge in [-0.3, -0.25) is 4.79 Å². The summed E-state index contributed by atoms with van der Waals surface area (Å²) in [5.41, 5.74) is 0.270. The van der Waals surface area contributed by atoms with E-state index in [0.717, 1.165) is 31.9 Å². The van der Waals surface area contributed by atoms with Gasteiger partial charge in [0.1, 0.15) is 5.78 Å². The minimum atomic E-state index is -1.09. The van der Waals surface area contributed by atoms with Crippen molar-refractivity contribution in [3.63, 3.8) is 0 Å². The van der Waals surface area contributed by atoms with Crippen LogP contribution in [-0.2, 0) is 9.59 Å². The third-order valence-corrected chi connectivity index (χ3v) is 4.14. The van der Waals surface area contributed by atoms with Crippen LogP contribution in [0.3, 0.4) is 0 Å². The number of Topliss-reactive ketones (excluding diaryl/α,β-unsaturated/α-hetero) is 1. The number of hydrogen-bond donors (Lipinski definition) is 3. The third-order valence-electron chi connectivity index (χ3n) is 4.14. The lowest BCUT2D eigenvalue weighted by molar-refractivity contribution is -0.132. The SMILES string of the molecule is C/C(N[C@H]1CC[C@](C)(C(C)=O)CC1)=C(/C=N)C(=O)O. The average molecular weight is 266 g/mol. The second kappa shape index (κ2) is 5.99. The third kappa shape index (κ3) is 3.66. The molecule has 0 saturated heterocycles. The zero-order valence-electron chi connectivity index (χ0n) is 11.7. The Morgan fingerprint density at radius 3 is 2.21 bits per heavy atom. The first-order chi connectivity index (χ1) is 8.80. The number of carbonyl (C=O) groups is 2. The molecule has 0 radical (unpaired) electrons. The van der Waals surface area contributed by atoms with Crippen molar-refractivity contribution in [3.05, 3.63) is 11.3 Å². The Balaban J connectivity index is 2.66. The summed E-state index contributed by atoms with van der Waals surface area (Å²) in [6, 6.07) is 0.182. The molecule has 0 amide bonds. The Morgan fingerprint density at radius 1 is 1.32 bits per heavy atom. The molecule has 0 aliphatic heterocycles. The molecule has 1 aliphatic carbocycles. The Morgan fingerprint density at radius 2 is 1.84 bits per heavy atom. The van der Waals surface area contributed by atoms with E-state index in [0.29, 0.717) is 5.70 Å². The van der Waals surface area contributed by atoms with Crippen molar-refractivity contribution in [2.45, 2.75) is 52.5 Å². The zero-order valence-corrected chi connectivity index (χ0v) is 11.7.